The van der Waals surface area contributed by atoms with Crippen molar-refractivity contribution in [2.75, 3.05) is 33.4 Å². The lowest BCUT2D eigenvalue weighted by Gasteiger charge is -1.94. The first-order valence-electron chi connectivity index (χ1n) is 6.14. The highest BCUT2D eigenvalue weighted by molar-refractivity contribution is 5.86. The molecule has 0 aromatic heterocycles. The molecule has 20 heavy (non-hydrogen) atoms. The Labute approximate surface area is 118 Å². The molecule has 0 saturated heterocycles. The smallest absolute Gasteiger partial charge is 0.365 e. The van der Waals surface area contributed by atoms with Crippen molar-refractivity contribution in [1.29, 1.82) is 0 Å². The molecule has 1 aromatic rings. The van der Waals surface area contributed by atoms with Crippen molar-refractivity contribution >= 4 is 12.0 Å². The minimum absolute atomic E-state index is 0.139. The van der Waals surface area contributed by atoms with Crippen molar-refractivity contribution < 1.29 is 24.8 Å². The molecule has 1 aromatic carbocycles. The zero-order valence-electron chi connectivity index (χ0n) is 11.5. The fraction of sp³-hybridized carbons (Fsp3) is 0.357. The zero-order chi connectivity index (χ0) is 15.1. The zero-order valence-corrected chi connectivity index (χ0v) is 11.5. The summed E-state index contributed by atoms with van der Waals surface area (Å²) in [4.78, 5) is 19.2. The predicted molar refractivity (Wildman–Crippen MR) is 75.6 cm³/mol. The number of benzene rings is 1. The van der Waals surface area contributed by atoms with Crippen molar-refractivity contribution in [1.82, 2.24) is 5.32 Å². The Balaban J connectivity index is 0.000000441. The summed E-state index contributed by atoms with van der Waals surface area (Å²) in [6, 6.07) is 9.46. The molecule has 0 radical (unpaired) electrons. The molecule has 0 fully saturated rings. The number of hydrogen-bond donors (Lipinski definition) is 3. The fourth-order valence-corrected chi connectivity index (χ4v) is 1.12. The van der Waals surface area contributed by atoms with Crippen molar-refractivity contribution in [3.8, 4) is 0 Å². The van der Waals surface area contributed by atoms with E-state index < -0.39 is 5.97 Å². The van der Waals surface area contributed by atoms with Crippen molar-refractivity contribution in [2.24, 2.45) is 0 Å². The minimum atomic E-state index is -0.522. The van der Waals surface area contributed by atoms with Gasteiger partial charge in [-0.3, -0.25) is 4.89 Å². The monoisotopic (exact) mass is 283 g/mol. The number of aliphatic hydroxyl groups is 2. The molecule has 112 valence electrons. The van der Waals surface area contributed by atoms with E-state index in [9.17, 15) is 4.79 Å². The molecule has 3 N–H and O–H groups in total. The largest absolute Gasteiger partial charge is 0.395 e. The van der Waals surface area contributed by atoms with E-state index >= 15 is 0 Å². The van der Waals surface area contributed by atoms with Crippen LogP contribution < -0.4 is 5.32 Å². The molecule has 6 nitrogen and oxygen atoms in total. The van der Waals surface area contributed by atoms with Gasteiger partial charge in [0.1, 0.15) is 0 Å². The normalized spacial score (nSPS) is 9.95. The highest BCUT2D eigenvalue weighted by Gasteiger charge is 1.94. The molecule has 0 saturated carbocycles. The van der Waals surface area contributed by atoms with E-state index in [1.165, 1.54) is 13.2 Å². The Hall–Kier alpha value is -1.73. The summed E-state index contributed by atoms with van der Waals surface area (Å²) in [5.74, 6) is -0.522. The van der Waals surface area contributed by atoms with E-state index in [4.69, 9.17) is 10.2 Å². The van der Waals surface area contributed by atoms with Gasteiger partial charge in [-0.05, 0) is 11.6 Å². The third kappa shape index (κ3) is 11.4. The maximum atomic E-state index is 10.8. The molecule has 0 heterocycles. The van der Waals surface area contributed by atoms with Gasteiger partial charge in [0, 0.05) is 19.2 Å². The van der Waals surface area contributed by atoms with Crippen LogP contribution in [0.1, 0.15) is 5.56 Å². The van der Waals surface area contributed by atoms with Crippen LogP contribution in [-0.4, -0.2) is 49.6 Å². The second kappa shape index (κ2) is 13.7. The maximum Gasteiger partial charge on any atom is 0.365 e. The first-order valence-corrected chi connectivity index (χ1v) is 6.14. The molecule has 0 bridgehead atoms. The van der Waals surface area contributed by atoms with E-state index in [0.717, 1.165) is 5.56 Å². The van der Waals surface area contributed by atoms with Crippen molar-refractivity contribution in [2.45, 2.75) is 0 Å². The molecule has 0 atom stereocenters. The van der Waals surface area contributed by atoms with E-state index in [-0.39, 0.29) is 13.2 Å². The molecule has 0 amide bonds. The number of rotatable bonds is 7. The second-order valence-corrected chi connectivity index (χ2v) is 3.51. The van der Waals surface area contributed by atoms with Gasteiger partial charge in [-0.2, -0.15) is 4.89 Å². The molecule has 0 aliphatic carbocycles. The van der Waals surface area contributed by atoms with Crippen LogP contribution in [-0.2, 0) is 14.6 Å². The summed E-state index contributed by atoms with van der Waals surface area (Å²) in [7, 11) is 1.29. The highest BCUT2D eigenvalue weighted by Crippen LogP contribution is 2.00. The van der Waals surface area contributed by atoms with E-state index in [2.05, 4.69) is 15.1 Å². The van der Waals surface area contributed by atoms with Crippen molar-refractivity contribution in [3.63, 3.8) is 0 Å². The van der Waals surface area contributed by atoms with Crippen LogP contribution in [0.25, 0.3) is 6.08 Å². The number of aliphatic hydroxyl groups excluding tert-OH is 2. The quantitative estimate of drug-likeness (QED) is 0.290. The topological polar surface area (TPSA) is 88.0 Å². The first kappa shape index (κ1) is 18.3. The Bertz CT molecular complexity index is 363. The minimum Gasteiger partial charge on any atom is -0.395 e. The summed E-state index contributed by atoms with van der Waals surface area (Å²) in [6.45, 7) is 1.42. The average Bonchev–Trinajstić information content (AvgIpc) is 2.48. The number of hydrogen-bond acceptors (Lipinski definition) is 6. The van der Waals surface area contributed by atoms with Gasteiger partial charge < -0.3 is 15.5 Å². The lowest BCUT2D eigenvalue weighted by Crippen LogP contribution is -2.21. The molecule has 0 unspecified atom stereocenters. The predicted octanol–water partition coefficient (Wildman–Crippen LogP) is 0.365. The Morgan fingerprint density at radius 2 is 1.80 bits per heavy atom. The van der Waals surface area contributed by atoms with Gasteiger partial charge in [0.15, 0.2) is 0 Å². The van der Waals surface area contributed by atoms with Gasteiger partial charge in [-0.1, -0.05) is 30.3 Å². The van der Waals surface area contributed by atoms with Crippen LogP contribution in [0.15, 0.2) is 36.4 Å². The molecular weight excluding hydrogens is 262 g/mol. The van der Waals surface area contributed by atoms with Crippen LogP contribution in [0.4, 0.5) is 0 Å². The van der Waals surface area contributed by atoms with Gasteiger partial charge in [0.25, 0.3) is 0 Å². The Morgan fingerprint density at radius 3 is 2.30 bits per heavy atom. The summed E-state index contributed by atoms with van der Waals surface area (Å²) < 4.78 is 0. The van der Waals surface area contributed by atoms with Gasteiger partial charge in [-0.25, -0.2) is 4.79 Å². The van der Waals surface area contributed by atoms with E-state index in [1.807, 2.05) is 30.3 Å². The van der Waals surface area contributed by atoms with Crippen molar-refractivity contribution in [3.05, 3.63) is 42.0 Å². The Kier molecular flexibility index (Phi) is 12.5. The average molecular weight is 283 g/mol. The summed E-state index contributed by atoms with van der Waals surface area (Å²) in [5, 5.41) is 19.1. The van der Waals surface area contributed by atoms with Crippen LogP contribution >= 0.6 is 0 Å². The third-order valence-electron chi connectivity index (χ3n) is 1.95. The molecular formula is C14H21NO5. The lowest BCUT2D eigenvalue weighted by atomic mass is 10.2. The Morgan fingerprint density at radius 1 is 1.20 bits per heavy atom. The van der Waals surface area contributed by atoms with E-state index in [0.29, 0.717) is 13.1 Å². The highest BCUT2D eigenvalue weighted by atomic mass is 17.2. The second-order valence-electron chi connectivity index (χ2n) is 3.51. The molecule has 0 aliphatic heterocycles. The molecule has 1 rings (SSSR count). The summed E-state index contributed by atoms with van der Waals surface area (Å²) in [6.07, 6.45) is 2.96. The van der Waals surface area contributed by atoms with Crippen LogP contribution in [0, 0.1) is 0 Å². The lowest BCUT2D eigenvalue weighted by molar-refractivity contribution is -0.249. The van der Waals surface area contributed by atoms with Gasteiger partial charge in [-0.15, -0.1) is 0 Å². The standard InChI is InChI=1S/C10H10O3.C4H11NO2/c1-12-13-10(11)8-7-9-5-3-2-4-6-9;6-3-1-5-2-4-7/h2-8H,1H3;5-7H,1-4H2. The van der Waals surface area contributed by atoms with E-state index in [1.54, 1.807) is 6.08 Å². The van der Waals surface area contributed by atoms with Gasteiger partial charge in [0.2, 0.25) is 0 Å². The number of nitrogens with one attached hydrogen (secondary N) is 1. The molecule has 6 heteroatoms. The number of carbonyl (C=O) groups excluding carboxylic acids is 1. The van der Waals surface area contributed by atoms with Gasteiger partial charge >= 0.3 is 5.97 Å². The SMILES string of the molecule is COOC(=O)C=Cc1ccccc1.OCCNCCO. The maximum absolute atomic E-state index is 10.8. The fourth-order valence-electron chi connectivity index (χ4n) is 1.12. The van der Waals surface area contributed by atoms with Gasteiger partial charge in [0.05, 0.1) is 20.3 Å². The third-order valence-corrected chi connectivity index (χ3v) is 1.95. The van der Waals surface area contributed by atoms with Crippen LogP contribution in [0.2, 0.25) is 0 Å². The van der Waals surface area contributed by atoms with Crippen LogP contribution in [0.3, 0.4) is 0 Å². The summed E-state index contributed by atoms with van der Waals surface area (Å²) >= 11 is 0. The number of carbonyl (C=O) groups is 1. The first-order chi connectivity index (χ1) is 9.74. The molecule has 0 spiro atoms. The molecule has 0 aliphatic rings. The van der Waals surface area contributed by atoms with Crippen LogP contribution in [0.5, 0.6) is 0 Å². The summed E-state index contributed by atoms with van der Waals surface area (Å²) in [5.41, 5.74) is 0.940.